The zero-order chi connectivity index (χ0) is 22.9. The van der Waals surface area contributed by atoms with Crippen LogP contribution in [0.5, 0.6) is 0 Å². The molecule has 2 aromatic heterocycles. The van der Waals surface area contributed by atoms with E-state index in [1.165, 1.54) is 24.4 Å². The van der Waals surface area contributed by atoms with Crippen molar-refractivity contribution in [3.8, 4) is 11.3 Å². The summed E-state index contributed by atoms with van der Waals surface area (Å²) >= 11 is 18.1. The maximum absolute atomic E-state index is 12.5. The molecular weight excluding hydrogens is 491 g/mol. The third-order valence-corrected chi connectivity index (χ3v) is 7.10. The molecule has 2 radical (unpaired) electrons. The number of nitrogens with zero attached hydrogens (tertiary/aromatic N) is 3. The van der Waals surface area contributed by atoms with Crippen molar-refractivity contribution < 1.29 is 8.42 Å². The van der Waals surface area contributed by atoms with E-state index in [2.05, 4.69) is 20.1 Å². The number of hydrogen-bond acceptors (Lipinski definition) is 5. The van der Waals surface area contributed by atoms with Gasteiger partial charge in [0.2, 0.25) is 10.0 Å². The van der Waals surface area contributed by atoms with Crippen molar-refractivity contribution >= 4 is 69.6 Å². The standard InChI is InChI=1S/C20H15BCl3N5O2S/c21-14-11-26-29-19(10-18(28-20(14)29)13-3-1-2-4-15(13)22)25-7-8-27-32(30,31)12-5-6-16(23)17(24)9-12/h1-6,9-11,25,27H,7-8H2. The van der Waals surface area contributed by atoms with E-state index in [0.29, 0.717) is 27.6 Å². The van der Waals surface area contributed by atoms with Gasteiger partial charge in [-0.15, -0.1) is 0 Å². The van der Waals surface area contributed by atoms with Crippen molar-refractivity contribution in [3.63, 3.8) is 0 Å². The van der Waals surface area contributed by atoms with Crippen LogP contribution in [0.25, 0.3) is 16.9 Å². The number of benzene rings is 2. The molecule has 4 rings (SSSR count). The summed E-state index contributed by atoms with van der Waals surface area (Å²) in [5.74, 6) is 0.579. The first-order valence-corrected chi connectivity index (χ1v) is 12.0. The monoisotopic (exact) mass is 505 g/mol. The van der Waals surface area contributed by atoms with E-state index in [-0.39, 0.29) is 28.0 Å². The molecule has 4 aromatic rings. The van der Waals surface area contributed by atoms with Crippen LogP contribution in [-0.4, -0.2) is 44.0 Å². The normalized spacial score (nSPS) is 11.7. The molecule has 0 aliphatic heterocycles. The summed E-state index contributed by atoms with van der Waals surface area (Å²) in [6.45, 7) is 0.367. The lowest BCUT2D eigenvalue weighted by Crippen LogP contribution is -2.29. The van der Waals surface area contributed by atoms with Crippen LogP contribution in [0, 0.1) is 0 Å². The van der Waals surface area contributed by atoms with Gasteiger partial charge in [0.05, 0.1) is 20.6 Å². The number of rotatable bonds is 7. The minimum absolute atomic E-state index is 0.0269. The molecule has 2 aromatic carbocycles. The van der Waals surface area contributed by atoms with Gasteiger partial charge in [0.15, 0.2) is 5.65 Å². The minimum Gasteiger partial charge on any atom is -0.369 e. The summed E-state index contributed by atoms with van der Waals surface area (Å²) in [7, 11) is 2.26. The number of aromatic nitrogens is 3. The average molecular weight is 507 g/mol. The van der Waals surface area contributed by atoms with Crippen molar-refractivity contribution in [2.75, 3.05) is 18.4 Å². The number of nitrogens with one attached hydrogen (secondary N) is 2. The fourth-order valence-electron chi connectivity index (χ4n) is 3.02. The smallest absolute Gasteiger partial charge is 0.240 e. The molecule has 0 aliphatic rings. The molecule has 0 atom stereocenters. The van der Waals surface area contributed by atoms with Crippen LogP contribution in [0.4, 0.5) is 5.82 Å². The summed E-state index contributed by atoms with van der Waals surface area (Å²) in [6, 6.07) is 13.2. The fraction of sp³-hybridized carbons (Fsp3) is 0.100. The number of anilines is 1. The van der Waals surface area contributed by atoms with Crippen molar-refractivity contribution in [3.05, 3.63) is 69.8 Å². The van der Waals surface area contributed by atoms with Gasteiger partial charge in [0.25, 0.3) is 0 Å². The van der Waals surface area contributed by atoms with Gasteiger partial charge in [-0.1, -0.05) is 53.0 Å². The van der Waals surface area contributed by atoms with E-state index >= 15 is 0 Å². The second-order valence-corrected chi connectivity index (χ2v) is 9.73. The Morgan fingerprint density at radius 1 is 0.969 bits per heavy atom. The highest BCUT2D eigenvalue weighted by Gasteiger charge is 2.16. The van der Waals surface area contributed by atoms with Gasteiger partial charge in [-0.2, -0.15) is 9.61 Å². The predicted octanol–water partition coefficient (Wildman–Crippen LogP) is 3.54. The van der Waals surface area contributed by atoms with E-state index in [1.54, 1.807) is 16.6 Å². The highest BCUT2D eigenvalue weighted by atomic mass is 35.5. The summed E-state index contributed by atoms with van der Waals surface area (Å²) in [5.41, 5.74) is 2.21. The molecule has 7 nitrogen and oxygen atoms in total. The second kappa shape index (κ2) is 9.29. The Hall–Kier alpha value is -2.30. The van der Waals surface area contributed by atoms with Crippen molar-refractivity contribution in [1.29, 1.82) is 0 Å². The zero-order valence-corrected chi connectivity index (χ0v) is 19.5. The van der Waals surface area contributed by atoms with E-state index in [4.69, 9.17) is 42.6 Å². The predicted molar refractivity (Wildman–Crippen MR) is 129 cm³/mol. The van der Waals surface area contributed by atoms with Crippen LogP contribution in [0.3, 0.4) is 0 Å². The Labute approximate surface area is 201 Å². The first-order valence-electron chi connectivity index (χ1n) is 9.34. The quantitative estimate of drug-likeness (QED) is 0.296. The van der Waals surface area contributed by atoms with Crippen LogP contribution < -0.4 is 15.5 Å². The Morgan fingerprint density at radius 2 is 1.75 bits per heavy atom. The Bertz CT molecular complexity index is 1410. The molecule has 2 N–H and O–H groups in total. The molecule has 32 heavy (non-hydrogen) atoms. The number of fused-ring (bicyclic) bond motifs is 1. The topological polar surface area (TPSA) is 88.4 Å². The molecule has 0 spiro atoms. The molecule has 0 saturated heterocycles. The van der Waals surface area contributed by atoms with E-state index in [9.17, 15) is 8.42 Å². The van der Waals surface area contributed by atoms with Gasteiger partial charge in [-0.05, 0) is 29.7 Å². The highest BCUT2D eigenvalue weighted by molar-refractivity contribution is 7.89. The Morgan fingerprint density at radius 3 is 2.50 bits per heavy atom. The van der Waals surface area contributed by atoms with Gasteiger partial charge in [0.1, 0.15) is 13.7 Å². The van der Waals surface area contributed by atoms with E-state index in [0.717, 1.165) is 5.56 Å². The lowest BCUT2D eigenvalue weighted by molar-refractivity contribution is 0.583. The molecule has 0 fully saturated rings. The molecule has 0 aliphatic carbocycles. The van der Waals surface area contributed by atoms with Crippen LogP contribution in [0.15, 0.2) is 59.6 Å². The van der Waals surface area contributed by atoms with Gasteiger partial charge >= 0.3 is 0 Å². The highest BCUT2D eigenvalue weighted by Crippen LogP contribution is 2.28. The molecule has 12 heteroatoms. The third kappa shape index (κ3) is 4.72. The van der Waals surface area contributed by atoms with Gasteiger partial charge < -0.3 is 5.32 Å². The zero-order valence-electron chi connectivity index (χ0n) is 16.4. The van der Waals surface area contributed by atoms with Gasteiger partial charge in [-0.3, -0.25) is 0 Å². The number of hydrogen-bond donors (Lipinski definition) is 2. The lowest BCUT2D eigenvalue weighted by Gasteiger charge is -2.12. The van der Waals surface area contributed by atoms with Crippen molar-refractivity contribution in [2.45, 2.75) is 4.90 Å². The SMILES string of the molecule is [B]c1cnn2c(NCCNS(=O)(=O)c3ccc(Cl)c(Cl)c3)cc(-c3ccccc3Cl)nc12. The fourth-order valence-corrected chi connectivity index (χ4v) is 4.67. The lowest BCUT2D eigenvalue weighted by atomic mass is 10.0. The molecule has 0 amide bonds. The average Bonchev–Trinajstić information content (AvgIpc) is 3.14. The van der Waals surface area contributed by atoms with Crippen molar-refractivity contribution in [1.82, 2.24) is 19.3 Å². The maximum atomic E-state index is 12.5. The summed E-state index contributed by atoms with van der Waals surface area (Å²) in [5, 5.41) is 8.39. The summed E-state index contributed by atoms with van der Waals surface area (Å²) in [4.78, 5) is 4.59. The molecular formula is C20H15BCl3N5O2S. The molecule has 0 bridgehead atoms. The first kappa shape index (κ1) is 22.9. The van der Waals surface area contributed by atoms with Gasteiger partial charge in [-0.25, -0.2) is 18.1 Å². The molecule has 0 saturated carbocycles. The third-order valence-electron chi connectivity index (χ3n) is 4.57. The van der Waals surface area contributed by atoms with E-state index in [1.807, 2.05) is 18.2 Å². The van der Waals surface area contributed by atoms with Crippen LogP contribution >= 0.6 is 34.8 Å². The largest absolute Gasteiger partial charge is 0.369 e. The van der Waals surface area contributed by atoms with Crippen LogP contribution in [0.1, 0.15) is 0 Å². The second-order valence-electron chi connectivity index (χ2n) is 6.74. The van der Waals surface area contributed by atoms with Crippen molar-refractivity contribution in [2.24, 2.45) is 0 Å². The molecule has 0 unspecified atom stereocenters. The Kier molecular flexibility index (Phi) is 6.64. The number of halogens is 3. The summed E-state index contributed by atoms with van der Waals surface area (Å²) in [6.07, 6.45) is 1.50. The van der Waals surface area contributed by atoms with E-state index < -0.39 is 10.0 Å². The summed E-state index contributed by atoms with van der Waals surface area (Å²) < 4.78 is 29.1. The Balaban J connectivity index is 1.53. The number of sulfonamides is 1. The van der Waals surface area contributed by atoms with Crippen LogP contribution in [-0.2, 0) is 10.0 Å². The first-order chi connectivity index (χ1) is 15.3. The van der Waals surface area contributed by atoms with Gasteiger partial charge in [0, 0.05) is 35.9 Å². The molecule has 2 heterocycles. The molecule has 162 valence electrons. The minimum atomic E-state index is -3.75. The van der Waals surface area contributed by atoms with Crippen LogP contribution in [0.2, 0.25) is 15.1 Å². The maximum Gasteiger partial charge on any atom is 0.240 e.